The maximum Gasteiger partial charge on any atom is 0.0640 e. The zero-order valence-corrected chi connectivity index (χ0v) is 13.5. The van der Waals surface area contributed by atoms with Crippen LogP contribution in [0.1, 0.15) is 50.1 Å². The molecule has 20 heavy (non-hydrogen) atoms. The second-order valence-corrected chi connectivity index (χ2v) is 6.43. The number of nitrogens with zero attached hydrogens (tertiary/aromatic N) is 1. The highest BCUT2D eigenvalue weighted by Crippen LogP contribution is 2.30. The number of hydrogen-bond donors (Lipinski definition) is 1. The van der Waals surface area contributed by atoms with E-state index in [1.807, 2.05) is 12.1 Å². The lowest BCUT2D eigenvalue weighted by atomic mass is 10.0. The molecule has 2 rings (SSSR count). The van der Waals surface area contributed by atoms with E-state index in [4.69, 9.17) is 28.9 Å². The van der Waals surface area contributed by atoms with E-state index in [0.717, 1.165) is 18.5 Å². The first-order valence-electron chi connectivity index (χ1n) is 7.60. The number of rotatable bonds is 4. The van der Waals surface area contributed by atoms with Crippen molar-refractivity contribution in [2.75, 3.05) is 19.6 Å². The highest BCUT2D eigenvalue weighted by Gasteiger charge is 2.14. The Morgan fingerprint density at radius 2 is 1.70 bits per heavy atom. The SMILES string of the molecule is NC(CCN1CCCCCCC1)c1cccc(Cl)c1Cl. The van der Waals surface area contributed by atoms with Crippen LogP contribution >= 0.6 is 23.2 Å². The van der Waals surface area contributed by atoms with E-state index >= 15 is 0 Å². The van der Waals surface area contributed by atoms with Crippen molar-refractivity contribution in [1.29, 1.82) is 0 Å². The van der Waals surface area contributed by atoms with Gasteiger partial charge in [0, 0.05) is 6.04 Å². The standard InChI is InChI=1S/C16H24Cl2N2/c17-14-8-6-7-13(16(14)18)15(19)9-12-20-10-4-2-1-3-5-11-20/h6-8,15H,1-5,9-12,19H2. The van der Waals surface area contributed by atoms with Crippen molar-refractivity contribution in [3.8, 4) is 0 Å². The van der Waals surface area contributed by atoms with E-state index in [2.05, 4.69) is 4.90 Å². The summed E-state index contributed by atoms with van der Waals surface area (Å²) < 4.78 is 0. The Morgan fingerprint density at radius 1 is 1.05 bits per heavy atom. The summed E-state index contributed by atoms with van der Waals surface area (Å²) in [6, 6.07) is 5.66. The van der Waals surface area contributed by atoms with Gasteiger partial charge in [-0.15, -0.1) is 0 Å². The van der Waals surface area contributed by atoms with Crippen molar-refractivity contribution >= 4 is 23.2 Å². The van der Waals surface area contributed by atoms with Crippen LogP contribution < -0.4 is 5.73 Å². The monoisotopic (exact) mass is 314 g/mol. The molecule has 1 saturated heterocycles. The molecule has 1 fully saturated rings. The molecule has 0 radical (unpaired) electrons. The van der Waals surface area contributed by atoms with E-state index in [1.54, 1.807) is 6.07 Å². The zero-order valence-electron chi connectivity index (χ0n) is 12.0. The highest BCUT2D eigenvalue weighted by atomic mass is 35.5. The number of halogens is 2. The number of benzene rings is 1. The second-order valence-electron chi connectivity index (χ2n) is 5.65. The van der Waals surface area contributed by atoms with Crippen LogP contribution in [0.2, 0.25) is 10.0 Å². The van der Waals surface area contributed by atoms with Gasteiger partial charge in [-0.2, -0.15) is 0 Å². The summed E-state index contributed by atoms with van der Waals surface area (Å²) in [4.78, 5) is 2.54. The van der Waals surface area contributed by atoms with Crippen molar-refractivity contribution in [3.63, 3.8) is 0 Å². The lowest BCUT2D eigenvalue weighted by molar-refractivity contribution is 0.239. The summed E-state index contributed by atoms with van der Waals surface area (Å²) in [5.41, 5.74) is 7.25. The number of nitrogens with two attached hydrogens (primary N) is 1. The highest BCUT2D eigenvalue weighted by molar-refractivity contribution is 6.42. The van der Waals surface area contributed by atoms with Gasteiger partial charge in [-0.05, 0) is 50.5 Å². The Kier molecular flexibility index (Phi) is 6.63. The van der Waals surface area contributed by atoms with E-state index in [1.165, 1.54) is 45.2 Å². The van der Waals surface area contributed by atoms with Crippen LogP contribution in [-0.2, 0) is 0 Å². The molecule has 2 nitrogen and oxygen atoms in total. The molecule has 0 aliphatic carbocycles. The molecule has 2 N–H and O–H groups in total. The van der Waals surface area contributed by atoms with Gasteiger partial charge in [0.2, 0.25) is 0 Å². The maximum absolute atomic E-state index is 6.28. The van der Waals surface area contributed by atoms with Crippen molar-refractivity contribution in [2.24, 2.45) is 5.73 Å². The van der Waals surface area contributed by atoms with E-state index < -0.39 is 0 Å². The Bertz CT molecular complexity index is 415. The fourth-order valence-corrected chi connectivity index (χ4v) is 3.27. The van der Waals surface area contributed by atoms with Crippen LogP contribution in [0.25, 0.3) is 0 Å². The molecule has 0 saturated carbocycles. The number of likely N-dealkylation sites (tertiary alicyclic amines) is 1. The van der Waals surface area contributed by atoms with Gasteiger partial charge in [-0.3, -0.25) is 0 Å². The van der Waals surface area contributed by atoms with Crippen LogP contribution in [-0.4, -0.2) is 24.5 Å². The van der Waals surface area contributed by atoms with E-state index in [-0.39, 0.29) is 6.04 Å². The lowest BCUT2D eigenvalue weighted by Gasteiger charge is -2.26. The van der Waals surface area contributed by atoms with Gasteiger partial charge in [-0.1, -0.05) is 54.6 Å². The Labute approximate surface area is 132 Å². The lowest BCUT2D eigenvalue weighted by Crippen LogP contribution is -2.30. The van der Waals surface area contributed by atoms with Gasteiger partial charge in [-0.25, -0.2) is 0 Å². The Morgan fingerprint density at radius 3 is 2.40 bits per heavy atom. The van der Waals surface area contributed by atoms with Crippen LogP contribution in [0, 0.1) is 0 Å². The third-order valence-corrected chi connectivity index (χ3v) is 4.92. The molecule has 1 heterocycles. The first-order chi connectivity index (χ1) is 9.68. The fourth-order valence-electron chi connectivity index (χ4n) is 2.82. The summed E-state index contributed by atoms with van der Waals surface area (Å²) in [5.74, 6) is 0. The Balaban J connectivity index is 1.87. The van der Waals surface area contributed by atoms with E-state index in [0.29, 0.717) is 10.0 Å². The summed E-state index contributed by atoms with van der Waals surface area (Å²) in [7, 11) is 0. The van der Waals surface area contributed by atoms with E-state index in [9.17, 15) is 0 Å². The molecule has 0 aromatic heterocycles. The maximum atomic E-state index is 6.28. The van der Waals surface area contributed by atoms with Crippen LogP contribution in [0.5, 0.6) is 0 Å². The fraction of sp³-hybridized carbons (Fsp3) is 0.625. The summed E-state index contributed by atoms with van der Waals surface area (Å²) in [5, 5.41) is 1.19. The average molecular weight is 315 g/mol. The summed E-state index contributed by atoms with van der Waals surface area (Å²) in [6.07, 6.45) is 7.68. The molecule has 1 aliphatic heterocycles. The molecule has 112 valence electrons. The molecule has 1 aliphatic rings. The van der Waals surface area contributed by atoms with Crippen molar-refractivity contribution in [3.05, 3.63) is 33.8 Å². The predicted molar refractivity (Wildman–Crippen MR) is 87.5 cm³/mol. The van der Waals surface area contributed by atoms with Gasteiger partial charge in [0.1, 0.15) is 0 Å². The minimum atomic E-state index is -0.0355. The molecule has 1 aromatic carbocycles. The summed E-state index contributed by atoms with van der Waals surface area (Å²) >= 11 is 12.3. The average Bonchev–Trinajstić information content (AvgIpc) is 2.40. The predicted octanol–water partition coefficient (Wildman–Crippen LogP) is 4.65. The smallest absolute Gasteiger partial charge is 0.0640 e. The van der Waals surface area contributed by atoms with Gasteiger partial charge in [0.05, 0.1) is 10.0 Å². The molecule has 1 unspecified atom stereocenters. The molecular weight excluding hydrogens is 291 g/mol. The van der Waals surface area contributed by atoms with Gasteiger partial charge in [0.15, 0.2) is 0 Å². The largest absolute Gasteiger partial charge is 0.324 e. The van der Waals surface area contributed by atoms with Crippen molar-refractivity contribution < 1.29 is 0 Å². The summed E-state index contributed by atoms with van der Waals surface area (Å²) in [6.45, 7) is 3.45. The van der Waals surface area contributed by atoms with Gasteiger partial charge >= 0.3 is 0 Å². The molecular formula is C16H24Cl2N2. The third kappa shape index (κ3) is 4.63. The van der Waals surface area contributed by atoms with Crippen LogP contribution in [0.15, 0.2) is 18.2 Å². The van der Waals surface area contributed by atoms with Crippen molar-refractivity contribution in [1.82, 2.24) is 4.90 Å². The number of hydrogen-bond acceptors (Lipinski definition) is 2. The van der Waals surface area contributed by atoms with Crippen LogP contribution in [0.3, 0.4) is 0 Å². The zero-order chi connectivity index (χ0) is 14.4. The molecule has 1 aromatic rings. The Hall–Kier alpha value is -0.280. The molecule has 1 atom stereocenters. The molecule has 0 bridgehead atoms. The third-order valence-electron chi connectivity index (χ3n) is 4.09. The van der Waals surface area contributed by atoms with Crippen LogP contribution in [0.4, 0.5) is 0 Å². The van der Waals surface area contributed by atoms with Crippen molar-refractivity contribution in [2.45, 2.75) is 44.6 Å². The topological polar surface area (TPSA) is 29.3 Å². The minimum Gasteiger partial charge on any atom is -0.324 e. The second kappa shape index (κ2) is 8.23. The van der Waals surface area contributed by atoms with Gasteiger partial charge < -0.3 is 10.6 Å². The van der Waals surface area contributed by atoms with Gasteiger partial charge in [0.25, 0.3) is 0 Å². The normalized spacial score (nSPS) is 19.4. The molecule has 0 spiro atoms. The molecule has 0 amide bonds. The quantitative estimate of drug-likeness (QED) is 0.876. The first-order valence-corrected chi connectivity index (χ1v) is 8.36. The molecule has 4 heteroatoms. The first kappa shape index (κ1) is 16.1. The minimum absolute atomic E-state index is 0.0355.